The number of hydrogen-bond acceptors (Lipinski definition) is 6. The average molecular weight is 490 g/mol. The van der Waals surface area contributed by atoms with E-state index in [-0.39, 0.29) is 18.4 Å². The first-order chi connectivity index (χ1) is 17.0. The summed E-state index contributed by atoms with van der Waals surface area (Å²) in [6.45, 7) is 0. The molecule has 1 saturated carbocycles. The van der Waals surface area contributed by atoms with Crippen molar-refractivity contribution < 1.29 is 14.6 Å². The number of nitrogens with zero attached hydrogens (tertiary/aromatic N) is 4. The van der Waals surface area contributed by atoms with Gasteiger partial charge < -0.3 is 9.84 Å². The third-order valence-corrected chi connectivity index (χ3v) is 6.45. The molecule has 178 valence electrons. The second-order valence-corrected chi connectivity index (χ2v) is 9.13. The number of H-pyrrole nitrogens is 1. The topological polar surface area (TPSA) is 114 Å². The Kier molecular flexibility index (Phi) is 6.72. The van der Waals surface area contributed by atoms with Gasteiger partial charge >= 0.3 is 5.97 Å². The van der Waals surface area contributed by atoms with Crippen LogP contribution < -0.4 is 4.74 Å². The molecule has 35 heavy (non-hydrogen) atoms. The maximum absolute atomic E-state index is 10.9. The Balaban J connectivity index is 1.20. The molecule has 0 unspecified atom stereocenters. The van der Waals surface area contributed by atoms with Crippen molar-refractivity contribution in [1.29, 1.82) is 0 Å². The summed E-state index contributed by atoms with van der Waals surface area (Å²) in [5, 5.41) is 16.9. The van der Waals surface area contributed by atoms with Crippen LogP contribution in [0.1, 0.15) is 32.1 Å². The average Bonchev–Trinajstić information content (AvgIpc) is 3.36. The molecule has 1 aromatic carbocycles. The molecule has 0 spiro atoms. The first-order valence-electron chi connectivity index (χ1n) is 11.5. The van der Waals surface area contributed by atoms with E-state index in [1.54, 1.807) is 12.4 Å². The van der Waals surface area contributed by atoms with Crippen molar-refractivity contribution in [3.8, 4) is 39.9 Å². The molecule has 0 atom stereocenters. The normalized spacial score (nSPS) is 17.7. The van der Waals surface area contributed by atoms with E-state index in [1.165, 1.54) is 0 Å². The minimum atomic E-state index is -0.725. The van der Waals surface area contributed by atoms with Gasteiger partial charge in [0.05, 0.1) is 5.69 Å². The smallest absolute Gasteiger partial charge is 0.303 e. The van der Waals surface area contributed by atoms with Gasteiger partial charge in [-0.1, -0.05) is 11.6 Å². The molecular formula is C26H24ClN5O3. The summed E-state index contributed by atoms with van der Waals surface area (Å²) in [5.41, 5.74) is 3.37. The molecule has 4 aromatic rings. The van der Waals surface area contributed by atoms with Crippen LogP contribution in [0.15, 0.2) is 60.9 Å². The Bertz CT molecular complexity index is 1280. The summed E-state index contributed by atoms with van der Waals surface area (Å²) in [4.78, 5) is 24.4. The van der Waals surface area contributed by atoms with Crippen molar-refractivity contribution in [1.82, 2.24) is 25.1 Å². The molecule has 0 amide bonds. The number of benzene rings is 1. The highest BCUT2D eigenvalue weighted by molar-refractivity contribution is 6.30. The lowest BCUT2D eigenvalue weighted by Crippen LogP contribution is -2.25. The van der Waals surface area contributed by atoms with E-state index in [9.17, 15) is 4.79 Å². The van der Waals surface area contributed by atoms with Crippen LogP contribution in [-0.4, -0.2) is 42.3 Å². The van der Waals surface area contributed by atoms with E-state index in [2.05, 4.69) is 25.1 Å². The number of hydrogen-bond donors (Lipinski definition) is 2. The van der Waals surface area contributed by atoms with E-state index in [0.717, 1.165) is 48.1 Å². The van der Waals surface area contributed by atoms with Gasteiger partial charge in [-0.15, -0.1) is 0 Å². The van der Waals surface area contributed by atoms with E-state index >= 15 is 0 Å². The Morgan fingerprint density at radius 1 is 0.943 bits per heavy atom. The number of pyridine rings is 2. The SMILES string of the molecule is O=C(O)CC1CCC(Oc2ccc(-c3ccc(-c4n[nH]c(-c5ccc(Cl)cc5)n4)cn3)cn2)CC1. The van der Waals surface area contributed by atoms with Crippen molar-refractivity contribution >= 4 is 17.6 Å². The molecule has 1 aliphatic rings. The Morgan fingerprint density at radius 2 is 1.66 bits per heavy atom. The fourth-order valence-corrected chi connectivity index (χ4v) is 4.42. The van der Waals surface area contributed by atoms with Gasteiger partial charge in [0.2, 0.25) is 5.88 Å². The zero-order valence-corrected chi connectivity index (χ0v) is 19.7. The number of aromatic nitrogens is 5. The highest BCUT2D eigenvalue weighted by atomic mass is 35.5. The number of ether oxygens (including phenoxy) is 1. The van der Waals surface area contributed by atoms with Gasteiger partial charge in [0, 0.05) is 46.6 Å². The largest absolute Gasteiger partial charge is 0.481 e. The molecule has 1 fully saturated rings. The fourth-order valence-electron chi connectivity index (χ4n) is 4.30. The lowest BCUT2D eigenvalue weighted by Gasteiger charge is -2.27. The highest BCUT2D eigenvalue weighted by Crippen LogP contribution is 2.30. The van der Waals surface area contributed by atoms with Crippen molar-refractivity contribution in [2.45, 2.75) is 38.2 Å². The summed E-state index contributed by atoms with van der Waals surface area (Å²) in [6, 6.07) is 15.0. The van der Waals surface area contributed by atoms with Gasteiger partial charge in [0.1, 0.15) is 6.10 Å². The number of carbonyl (C=O) groups is 1. The molecule has 3 aromatic heterocycles. The van der Waals surface area contributed by atoms with Crippen molar-refractivity contribution in [2.24, 2.45) is 5.92 Å². The molecule has 5 rings (SSSR count). The summed E-state index contributed by atoms with van der Waals surface area (Å²) in [7, 11) is 0. The zero-order valence-electron chi connectivity index (χ0n) is 18.9. The number of carboxylic acid groups (broad SMARTS) is 1. The maximum Gasteiger partial charge on any atom is 0.303 e. The molecular weight excluding hydrogens is 466 g/mol. The maximum atomic E-state index is 10.9. The highest BCUT2D eigenvalue weighted by Gasteiger charge is 2.24. The monoisotopic (exact) mass is 489 g/mol. The van der Waals surface area contributed by atoms with Gasteiger partial charge in [0.15, 0.2) is 11.6 Å². The Hall–Kier alpha value is -3.78. The van der Waals surface area contributed by atoms with Crippen molar-refractivity contribution in [3.05, 3.63) is 65.9 Å². The molecule has 0 bridgehead atoms. The summed E-state index contributed by atoms with van der Waals surface area (Å²) < 4.78 is 6.02. The minimum absolute atomic E-state index is 0.0786. The summed E-state index contributed by atoms with van der Waals surface area (Å²) in [5.74, 6) is 1.32. The number of carboxylic acids is 1. The van der Waals surface area contributed by atoms with E-state index in [0.29, 0.717) is 22.6 Å². The molecule has 9 heteroatoms. The third kappa shape index (κ3) is 5.66. The lowest BCUT2D eigenvalue weighted by atomic mass is 9.85. The Morgan fingerprint density at radius 3 is 2.31 bits per heavy atom. The van der Waals surface area contributed by atoms with Crippen LogP contribution in [0.5, 0.6) is 5.88 Å². The molecule has 1 aliphatic carbocycles. The van der Waals surface area contributed by atoms with Gasteiger partial charge in [0.25, 0.3) is 0 Å². The Labute approximate surface area is 207 Å². The summed E-state index contributed by atoms with van der Waals surface area (Å²) in [6.07, 6.45) is 7.26. The van der Waals surface area contributed by atoms with Crippen molar-refractivity contribution in [3.63, 3.8) is 0 Å². The third-order valence-electron chi connectivity index (χ3n) is 6.20. The van der Waals surface area contributed by atoms with Gasteiger partial charge in [-0.05, 0) is 74.1 Å². The van der Waals surface area contributed by atoms with E-state index in [1.807, 2.05) is 48.5 Å². The van der Waals surface area contributed by atoms with Gasteiger partial charge in [-0.25, -0.2) is 9.97 Å². The standard InChI is InChI=1S/C26H24ClN5O3/c27-20-7-3-17(4-8-20)25-30-26(32-31-25)19-5-11-22(28-15-19)18-6-12-23(29-14-18)35-21-9-1-16(2-10-21)13-24(33)34/h3-8,11-12,14-16,21H,1-2,9-10,13H2,(H,33,34)(H,30,31,32). The number of halogens is 1. The van der Waals surface area contributed by atoms with Gasteiger partial charge in [-0.2, -0.15) is 5.10 Å². The van der Waals surface area contributed by atoms with Gasteiger partial charge in [-0.3, -0.25) is 14.9 Å². The van der Waals surface area contributed by atoms with Crippen LogP contribution in [0.3, 0.4) is 0 Å². The molecule has 0 radical (unpaired) electrons. The van der Waals surface area contributed by atoms with E-state index < -0.39 is 5.97 Å². The zero-order chi connectivity index (χ0) is 24.2. The van der Waals surface area contributed by atoms with Crippen LogP contribution in [0.2, 0.25) is 5.02 Å². The predicted octanol–water partition coefficient (Wildman–Crippen LogP) is 5.66. The number of aromatic amines is 1. The molecule has 3 heterocycles. The molecule has 0 saturated heterocycles. The predicted molar refractivity (Wildman–Crippen MR) is 132 cm³/mol. The van der Waals surface area contributed by atoms with Crippen LogP contribution in [0, 0.1) is 5.92 Å². The van der Waals surface area contributed by atoms with E-state index in [4.69, 9.17) is 21.4 Å². The number of aliphatic carboxylic acids is 1. The molecule has 0 aliphatic heterocycles. The molecule has 2 N–H and O–H groups in total. The summed E-state index contributed by atoms with van der Waals surface area (Å²) >= 11 is 5.95. The van der Waals surface area contributed by atoms with Crippen LogP contribution in [0.4, 0.5) is 0 Å². The first kappa shape index (κ1) is 23.0. The van der Waals surface area contributed by atoms with Crippen LogP contribution in [0.25, 0.3) is 34.0 Å². The van der Waals surface area contributed by atoms with Crippen LogP contribution >= 0.6 is 11.6 Å². The fraction of sp³-hybridized carbons (Fsp3) is 0.269. The van der Waals surface area contributed by atoms with Crippen LogP contribution in [-0.2, 0) is 4.79 Å². The molecule has 8 nitrogen and oxygen atoms in total. The quantitative estimate of drug-likeness (QED) is 0.344. The first-order valence-corrected chi connectivity index (χ1v) is 11.9. The number of rotatable bonds is 7. The number of nitrogens with one attached hydrogen (secondary N) is 1. The van der Waals surface area contributed by atoms with Crippen molar-refractivity contribution in [2.75, 3.05) is 0 Å². The lowest BCUT2D eigenvalue weighted by molar-refractivity contribution is -0.138. The second-order valence-electron chi connectivity index (χ2n) is 8.69. The minimum Gasteiger partial charge on any atom is -0.481 e. The second kappa shape index (κ2) is 10.2.